The Morgan fingerprint density at radius 3 is 2.52 bits per heavy atom. The number of carbonyl (C=O) groups is 1. The molecule has 110 valence electrons. The van der Waals surface area contributed by atoms with E-state index in [4.69, 9.17) is 22.1 Å². The lowest BCUT2D eigenvalue weighted by atomic mass is 10.1. The van der Waals surface area contributed by atoms with Crippen molar-refractivity contribution in [3.05, 3.63) is 47.0 Å². The van der Waals surface area contributed by atoms with E-state index in [1.54, 1.807) is 43.5 Å². The van der Waals surface area contributed by atoms with E-state index >= 15 is 0 Å². The molecule has 0 aliphatic rings. The van der Waals surface area contributed by atoms with Crippen LogP contribution in [0.5, 0.6) is 5.75 Å². The van der Waals surface area contributed by atoms with E-state index in [1.807, 2.05) is 0 Å². The molecule has 2 aromatic carbocycles. The van der Waals surface area contributed by atoms with Gasteiger partial charge in [-0.3, -0.25) is 0 Å². The molecule has 3 N–H and O–H groups in total. The van der Waals surface area contributed by atoms with Crippen molar-refractivity contribution in [2.45, 2.75) is 0 Å². The average Bonchev–Trinajstić information content (AvgIpc) is 2.48. The van der Waals surface area contributed by atoms with Gasteiger partial charge in [0.05, 0.1) is 36.8 Å². The molecule has 5 nitrogen and oxygen atoms in total. The summed E-state index contributed by atoms with van der Waals surface area (Å²) in [6.07, 6.45) is 0. The summed E-state index contributed by atoms with van der Waals surface area (Å²) in [6.45, 7) is 0. The summed E-state index contributed by atoms with van der Waals surface area (Å²) in [5, 5.41) is 3.70. The number of nitrogens with one attached hydrogen (secondary N) is 1. The maximum Gasteiger partial charge on any atom is 0.337 e. The van der Waals surface area contributed by atoms with Gasteiger partial charge in [-0.2, -0.15) is 0 Å². The molecule has 6 heteroatoms. The third-order valence-electron chi connectivity index (χ3n) is 2.90. The molecular formula is C15H15ClN2O3. The van der Waals surface area contributed by atoms with E-state index in [0.29, 0.717) is 33.4 Å². The predicted molar refractivity (Wildman–Crippen MR) is 83.5 cm³/mol. The SMILES string of the molecule is COC(=O)c1ccc(Nc2cc(Cl)ccc2OC)c(N)c1. The van der Waals surface area contributed by atoms with Crippen LogP contribution in [0.3, 0.4) is 0 Å². The Bertz CT molecular complexity index is 674. The lowest BCUT2D eigenvalue weighted by molar-refractivity contribution is 0.0601. The standard InChI is InChI=1S/C15H15ClN2O3/c1-20-14-6-4-10(16)8-13(14)18-12-5-3-9(7-11(12)17)15(19)21-2/h3-8,18H,17H2,1-2H3. The molecule has 0 fully saturated rings. The van der Waals surface area contributed by atoms with E-state index in [2.05, 4.69) is 10.1 Å². The molecule has 0 heterocycles. The summed E-state index contributed by atoms with van der Waals surface area (Å²) in [5.74, 6) is 0.199. The minimum Gasteiger partial charge on any atom is -0.495 e. The molecule has 0 aliphatic heterocycles. The van der Waals surface area contributed by atoms with Crippen LogP contribution in [0.15, 0.2) is 36.4 Å². The molecule has 0 aromatic heterocycles. The van der Waals surface area contributed by atoms with Crippen molar-refractivity contribution < 1.29 is 14.3 Å². The van der Waals surface area contributed by atoms with Crippen molar-refractivity contribution in [2.75, 3.05) is 25.3 Å². The van der Waals surface area contributed by atoms with Gasteiger partial charge in [0.2, 0.25) is 0 Å². The van der Waals surface area contributed by atoms with Crippen LogP contribution in [-0.4, -0.2) is 20.2 Å². The maximum atomic E-state index is 11.4. The normalized spacial score (nSPS) is 10.0. The highest BCUT2D eigenvalue weighted by Crippen LogP contribution is 2.32. The first kappa shape index (κ1) is 15.0. The van der Waals surface area contributed by atoms with Gasteiger partial charge < -0.3 is 20.5 Å². The van der Waals surface area contributed by atoms with Gasteiger partial charge >= 0.3 is 5.97 Å². The van der Waals surface area contributed by atoms with Crippen LogP contribution in [-0.2, 0) is 4.74 Å². The number of halogens is 1. The van der Waals surface area contributed by atoms with E-state index in [9.17, 15) is 4.79 Å². The van der Waals surface area contributed by atoms with Crippen LogP contribution < -0.4 is 15.8 Å². The molecule has 0 unspecified atom stereocenters. The van der Waals surface area contributed by atoms with Crippen molar-refractivity contribution in [3.8, 4) is 5.75 Å². The van der Waals surface area contributed by atoms with Crippen LogP contribution in [0.1, 0.15) is 10.4 Å². The number of anilines is 3. The van der Waals surface area contributed by atoms with Crippen molar-refractivity contribution in [1.82, 2.24) is 0 Å². The number of ether oxygens (including phenoxy) is 2. The fraction of sp³-hybridized carbons (Fsp3) is 0.133. The van der Waals surface area contributed by atoms with Gasteiger partial charge in [-0.05, 0) is 36.4 Å². The zero-order chi connectivity index (χ0) is 15.4. The molecule has 0 radical (unpaired) electrons. The third-order valence-corrected chi connectivity index (χ3v) is 3.14. The molecule has 0 aliphatic carbocycles. The first-order valence-corrected chi connectivity index (χ1v) is 6.51. The lowest BCUT2D eigenvalue weighted by Gasteiger charge is -2.13. The molecule has 0 amide bonds. The minimum atomic E-state index is -0.436. The van der Waals surface area contributed by atoms with Crippen LogP contribution in [0.2, 0.25) is 5.02 Å². The fourth-order valence-electron chi connectivity index (χ4n) is 1.84. The number of methoxy groups -OCH3 is 2. The zero-order valence-corrected chi connectivity index (χ0v) is 12.4. The Balaban J connectivity index is 2.32. The van der Waals surface area contributed by atoms with Gasteiger partial charge in [0.25, 0.3) is 0 Å². The fourth-order valence-corrected chi connectivity index (χ4v) is 2.02. The Kier molecular flexibility index (Phi) is 4.55. The first-order valence-electron chi connectivity index (χ1n) is 6.13. The van der Waals surface area contributed by atoms with E-state index in [0.717, 1.165) is 0 Å². The summed E-state index contributed by atoms with van der Waals surface area (Å²) in [6, 6.07) is 10.1. The number of nitrogen functional groups attached to an aromatic ring is 1. The number of hydrogen-bond acceptors (Lipinski definition) is 5. The van der Waals surface area contributed by atoms with E-state index in [1.165, 1.54) is 7.11 Å². The largest absolute Gasteiger partial charge is 0.495 e. The maximum absolute atomic E-state index is 11.4. The van der Waals surface area contributed by atoms with Crippen LogP contribution in [0.25, 0.3) is 0 Å². The first-order chi connectivity index (χ1) is 10.0. The van der Waals surface area contributed by atoms with Gasteiger partial charge in [-0.1, -0.05) is 11.6 Å². The van der Waals surface area contributed by atoms with E-state index < -0.39 is 5.97 Å². The molecule has 0 saturated heterocycles. The number of esters is 1. The quantitative estimate of drug-likeness (QED) is 0.668. The van der Waals surface area contributed by atoms with Gasteiger partial charge in [-0.25, -0.2) is 4.79 Å². The molecule has 2 aromatic rings. The summed E-state index contributed by atoms with van der Waals surface area (Å²) >= 11 is 5.98. The predicted octanol–water partition coefficient (Wildman–Crippen LogP) is 3.46. The zero-order valence-electron chi connectivity index (χ0n) is 11.6. The second-order valence-electron chi connectivity index (χ2n) is 4.26. The highest BCUT2D eigenvalue weighted by atomic mass is 35.5. The minimum absolute atomic E-state index is 0.388. The van der Waals surface area contributed by atoms with Crippen molar-refractivity contribution in [1.29, 1.82) is 0 Å². The highest BCUT2D eigenvalue weighted by molar-refractivity contribution is 6.31. The van der Waals surface area contributed by atoms with Crippen LogP contribution in [0, 0.1) is 0 Å². The van der Waals surface area contributed by atoms with Crippen molar-refractivity contribution in [3.63, 3.8) is 0 Å². The average molecular weight is 307 g/mol. The molecule has 21 heavy (non-hydrogen) atoms. The Morgan fingerprint density at radius 1 is 1.14 bits per heavy atom. The number of benzene rings is 2. The van der Waals surface area contributed by atoms with E-state index in [-0.39, 0.29) is 0 Å². The molecule has 0 atom stereocenters. The van der Waals surface area contributed by atoms with Crippen LogP contribution in [0.4, 0.5) is 17.1 Å². The number of carbonyl (C=O) groups excluding carboxylic acids is 1. The van der Waals surface area contributed by atoms with Gasteiger partial charge in [0, 0.05) is 5.02 Å². The molecular weight excluding hydrogens is 292 g/mol. The highest BCUT2D eigenvalue weighted by Gasteiger charge is 2.10. The Morgan fingerprint density at radius 2 is 1.90 bits per heavy atom. The second kappa shape index (κ2) is 6.37. The van der Waals surface area contributed by atoms with Gasteiger partial charge in [0.1, 0.15) is 5.75 Å². The number of rotatable bonds is 4. The second-order valence-corrected chi connectivity index (χ2v) is 4.70. The summed E-state index contributed by atoms with van der Waals surface area (Å²) in [5.41, 5.74) is 8.08. The van der Waals surface area contributed by atoms with Crippen molar-refractivity contribution >= 4 is 34.6 Å². The Hall–Kier alpha value is -2.40. The molecule has 2 rings (SSSR count). The number of hydrogen-bond donors (Lipinski definition) is 2. The topological polar surface area (TPSA) is 73.6 Å². The molecule has 0 bridgehead atoms. The third kappa shape index (κ3) is 3.38. The Labute approximate surface area is 127 Å². The number of nitrogens with two attached hydrogens (primary N) is 1. The van der Waals surface area contributed by atoms with Gasteiger partial charge in [0.15, 0.2) is 0 Å². The monoisotopic (exact) mass is 306 g/mol. The van der Waals surface area contributed by atoms with Crippen molar-refractivity contribution in [2.24, 2.45) is 0 Å². The summed E-state index contributed by atoms with van der Waals surface area (Å²) in [7, 11) is 2.89. The summed E-state index contributed by atoms with van der Waals surface area (Å²) < 4.78 is 9.90. The van der Waals surface area contributed by atoms with Crippen LogP contribution >= 0.6 is 11.6 Å². The molecule has 0 spiro atoms. The summed E-state index contributed by atoms with van der Waals surface area (Å²) in [4.78, 5) is 11.4. The molecule has 0 saturated carbocycles. The smallest absolute Gasteiger partial charge is 0.337 e. The lowest BCUT2D eigenvalue weighted by Crippen LogP contribution is -2.04. The van der Waals surface area contributed by atoms with Gasteiger partial charge in [-0.15, -0.1) is 0 Å².